The Labute approximate surface area is 150 Å². The summed E-state index contributed by atoms with van der Waals surface area (Å²) in [6, 6.07) is 23.0. The summed E-state index contributed by atoms with van der Waals surface area (Å²) in [7, 11) is 0. The molecule has 3 aromatic carbocycles. The second kappa shape index (κ2) is 5.74. The molecule has 1 aliphatic heterocycles. The summed E-state index contributed by atoms with van der Waals surface area (Å²) in [5.74, 6) is 1.31. The summed E-state index contributed by atoms with van der Waals surface area (Å²) < 4.78 is 7.82. The zero-order valence-electron chi connectivity index (χ0n) is 13.9. The Bertz CT molecular complexity index is 1090. The Balaban J connectivity index is 1.58. The van der Waals surface area contributed by atoms with Gasteiger partial charge in [-0.3, -0.25) is 9.69 Å². The third-order valence-corrected chi connectivity index (χ3v) is 4.51. The second-order valence-corrected chi connectivity index (χ2v) is 6.13. The Morgan fingerprint density at radius 3 is 2.19 bits per heavy atom. The van der Waals surface area contributed by atoms with Crippen molar-refractivity contribution in [1.29, 1.82) is 0 Å². The fraction of sp³-hybridized carbons (Fsp3) is 0.0476. The minimum atomic E-state index is -0.0450. The Hall–Kier alpha value is -3.60. The van der Waals surface area contributed by atoms with Crippen LogP contribution < -0.4 is 9.64 Å². The lowest BCUT2D eigenvalue weighted by Crippen LogP contribution is -2.31. The van der Waals surface area contributed by atoms with E-state index in [1.54, 1.807) is 11.2 Å². The summed E-state index contributed by atoms with van der Waals surface area (Å²) in [5.41, 5.74) is 3.32. The van der Waals surface area contributed by atoms with Crippen LogP contribution in [0.1, 0.15) is 0 Å². The third kappa shape index (κ3) is 2.25. The number of anilines is 2. The molecule has 1 aliphatic rings. The lowest BCUT2D eigenvalue weighted by molar-refractivity contribution is -0.118. The van der Waals surface area contributed by atoms with Crippen LogP contribution in [0.5, 0.6) is 11.5 Å². The predicted octanol–water partition coefficient (Wildman–Crippen LogP) is 4.51. The molecule has 5 nitrogen and oxygen atoms in total. The maximum Gasteiger partial charge on any atom is 0.251 e. The van der Waals surface area contributed by atoms with E-state index in [0.717, 1.165) is 22.4 Å². The van der Waals surface area contributed by atoms with E-state index in [-0.39, 0.29) is 12.5 Å². The van der Waals surface area contributed by atoms with E-state index in [0.29, 0.717) is 11.5 Å². The largest absolute Gasteiger partial charge is 0.453 e. The van der Waals surface area contributed by atoms with Crippen molar-refractivity contribution in [2.45, 2.75) is 6.54 Å². The molecule has 1 amide bonds. The van der Waals surface area contributed by atoms with Crippen LogP contribution in [0.4, 0.5) is 11.4 Å². The number of imidazole rings is 1. The number of carbonyl (C=O) groups excluding carboxylic acids is 1. The van der Waals surface area contributed by atoms with E-state index >= 15 is 0 Å². The number of aromatic nitrogens is 2. The highest BCUT2D eigenvalue weighted by Gasteiger charge is 2.28. The van der Waals surface area contributed by atoms with Crippen molar-refractivity contribution >= 4 is 28.3 Å². The lowest BCUT2D eigenvalue weighted by Gasteiger charge is -2.31. The normalized spacial score (nSPS) is 12.4. The first-order valence-corrected chi connectivity index (χ1v) is 8.40. The zero-order valence-corrected chi connectivity index (χ0v) is 13.9. The molecule has 26 heavy (non-hydrogen) atoms. The van der Waals surface area contributed by atoms with Crippen LogP contribution in [-0.2, 0) is 11.3 Å². The van der Waals surface area contributed by atoms with Gasteiger partial charge in [-0.15, -0.1) is 0 Å². The highest BCUT2D eigenvalue weighted by molar-refractivity contribution is 6.04. The number of ether oxygens (including phenoxy) is 1. The summed E-state index contributed by atoms with van der Waals surface area (Å²) >= 11 is 0. The summed E-state index contributed by atoms with van der Waals surface area (Å²) in [4.78, 5) is 19.4. The Morgan fingerprint density at radius 2 is 1.46 bits per heavy atom. The predicted molar refractivity (Wildman–Crippen MR) is 99.8 cm³/mol. The van der Waals surface area contributed by atoms with Gasteiger partial charge < -0.3 is 9.30 Å². The van der Waals surface area contributed by atoms with Crippen LogP contribution in [0.25, 0.3) is 11.0 Å². The molecule has 5 heteroatoms. The fourth-order valence-electron chi connectivity index (χ4n) is 3.33. The monoisotopic (exact) mass is 341 g/mol. The molecule has 0 spiro atoms. The van der Waals surface area contributed by atoms with Gasteiger partial charge in [-0.1, -0.05) is 36.4 Å². The third-order valence-electron chi connectivity index (χ3n) is 4.51. The summed E-state index contributed by atoms with van der Waals surface area (Å²) in [6.07, 6.45) is 1.71. The molecule has 126 valence electrons. The summed E-state index contributed by atoms with van der Waals surface area (Å²) in [5, 5.41) is 0. The average molecular weight is 341 g/mol. The van der Waals surface area contributed by atoms with E-state index < -0.39 is 0 Å². The molecular formula is C21H15N3O2. The van der Waals surface area contributed by atoms with E-state index in [4.69, 9.17) is 4.74 Å². The first-order valence-electron chi connectivity index (χ1n) is 8.40. The number of carbonyl (C=O) groups is 1. The van der Waals surface area contributed by atoms with Crippen LogP contribution in [-0.4, -0.2) is 15.5 Å². The van der Waals surface area contributed by atoms with Crippen molar-refractivity contribution < 1.29 is 9.53 Å². The number of nitrogens with zero attached hydrogens (tertiary/aromatic N) is 3. The van der Waals surface area contributed by atoms with Crippen LogP contribution in [0, 0.1) is 0 Å². The molecule has 0 aliphatic carbocycles. The van der Waals surface area contributed by atoms with Gasteiger partial charge in [0.05, 0.1) is 28.7 Å². The molecule has 0 unspecified atom stereocenters. The number of rotatable bonds is 2. The van der Waals surface area contributed by atoms with Crippen molar-refractivity contribution in [3.8, 4) is 11.5 Å². The van der Waals surface area contributed by atoms with Crippen LogP contribution in [0.3, 0.4) is 0 Å². The molecule has 2 heterocycles. The molecule has 0 atom stereocenters. The van der Waals surface area contributed by atoms with Gasteiger partial charge in [0.1, 0.15) is 6.54 Å². The highest BCUT2D eigenvalue weighted by Crippen LogP contribution is 2.46. The Kier molecular flexibility index (Phi) is 3.25. The van der Waals surface area contributed by atoms with Gasteiger partial charge in [0.15, 0.2) is 11.5 Å². The van der Waals surface area contributed by atoms with Gasteiger partial charge >= 0.3 is 0 Å². The number of benzene rings is 3. The number of hydrogen-bond acceptors (Lipinski definition) is 3. The first-order chi connectivity index (χ1) is 12.8. The molecule has 0 radical (unpaired) electrons. The van der Waals surface area contributed by atoms with Crippen molar-refractivity contribution in [2.24, 2.45) is 0 Å². The molecule has 0 bridgehead atoms. The van der Waals surface area contributed by atoms with E-state index in [1.807, 2.05) is 77.4 Å². The minimum Gasteiger partial charge on any atom is -0.453 e. The van der Waals surface area contributed by atoms with Gasteiger partial charge in [-0.05, 0) is 36.4 Å². The number of para-hydroxylation sites is 6. The van der Waals surface area contributed by atoms with E-state index in [9.17, 15) is 4.79 Å². The molecule has 0 saturated heterocycles. The zero-order chi connectivity index (χ0) is 17.5. The smallest absolute Gasteiger partial charge is 0.251 e. The van der Waals surface area contributed by atoms with E-state index in [1.165, 1.54) is 0 Å². The SMILES string of the molecule is O=C(Cn1cnc2ccccc21)N1c2ccccc2Oc2ccccc21. The molecule has 0 saturated carbocycles. The topological polar surface area (TPSA) is 47.4 Å². The molecule has 4 aromatic rings. The molecule has 5 rings (SSSR count). The number of amides is 1. The van der Waals surface area contributed by atoms with Gasteiger partial charge in [0.2, 0.25) is 0 Å². The maximum atomic E-state index is 13.3. The lowest BCUT2D eigenvalue weighted by atomic mass is 10.1. The minimum absolute atomic E-state index is 0.0450. The number of hydrogen-bond donors (Lipinski definition) is 0. The summed E-state index contributed by atoms with van der Waals surface area (Å²) in [6.45, 7) is 0.198. The van der Waals surface area contributed by atoms with Crippen LogP contribution in [0.2, 0.25) is 0 Å². The quantitative estimate of drug-likeness (QED) is 0.539. The molecule has 1 aromatic heterocycles. The van der Waals surface area contributed by atoms with Crippen molar-refractivity contribution in [3.63, 3.8) is 0 Å². The molecular weight excluding hydrogens is 326 g/mol. The molecule has 0 N–H and O–H groups in total. The molecule has 0 fully saturated rings. The van der Waals surface area contributed by atoms with Gasteiger partial charge in [-0.25, -0.2) is 4.98 Å². The maximum absolute atomic E-state index is 13.3. The highest BCUT2D eigenvalue weighted by atomic mass is 16.5. The van der Waals surface area contributed by atoms with Crippen LogP contribution in [0.15, 0.2) is 79.1 Å². The van der Waals surface area contributed by atoms with Gasteiger partial charge in [0.25, 0.3) is 5.91 Å². The average Bonchev–Trinajstić information content (AvgIpc) is 3.09. The van der Waals surface area contributed by atoms with E-state index in [2.05, 4.69) is 4.98 Å². The van der Waals surface area contributed by atoms with Crippen molar-refractivity contribution in [1.82, 2.24) is 9.55 Å². The number of fused-ring (bicyclic) bond motifs is 3. The fourth-order valence-corrected chi connectivity index (χ4v) is 3.33. The van der Waals surface area contributed by atoms with Gasteiger partial charge in [-0.2, -0.15) is 0 Å². The van der Waals surface area contributed by atoms with Gasteiger partial charge in [0, 0.05) is 0 Å². The second-order valence-electron chi connectivity index (χ2n) is 6.13. The standard InChI is InChI=1S/C21H15N3O2/c25-21(13-23-14-22-15-7-1-2-8-16(15)23)24-17-9-3-5-11-19(17)26-20-12-6-4-10-18(20)24/h1-12,14H,13H2. The first kappa shape index (κ1) is 14.7. The van der Waals surface area contributed by atoms with Crippen LogP contribution >= 0.6 is 0 Å². The van der Waals surface area contributed by atoms with Crippen molar-refractivity contribution in [2.75, 3.05) is 4.90 Å². The Morgan fingerprint density at radius 1 is 0.846 bits per heavy atom. The van der Waals surface area contributed by atoms with Crippen molar-refractivity contribution in [3.05, 3.63) is 79.1 Å².